The van der Waals surface area contributed by atoms with Gasteiger partial charge in [0, 0.05) is 10.9 Å². The fraction of sp³-hybridized carbons (Fsp3) is 0.550. The van der Waals surface area contributed by atoms with E-state index in [9.17, 15) is 14.0 Å². The van der Waals surface area contributed by atoms with E-state index in [0.717, 1.165) is 44.4 Å². The minimum Gasteiger partial charge on any atom is -0.325 e. The first-order chi connectivity index (χ1) is 14.0. The van der Waals surface area contributed by atoms with Gasteiger partial charge in [-0.05, 0) is 37.5 Å². The van der Waals surface area contributed by atoms with Gasteiger partial charge in [0.25, 0.3) is 5.91 Å². The van der Waals surface area contributed by atoms with Gasteiger partial charge in [-0.25, -0.2) is 4.39 Å². The molecule has 0 aromatic heterocycles. The number of nitrogens with zero attached hydrogens (tertiary/aromatic N) is 3. The van der Waals surface area contributed by atoms with E-state index in [1.165, 1.54) is 12.1 Å². The van der Waals surface area contributed by atoms with E-state index in [-0.39, 0.29) is 30.2 Å². The summed E-state index contributed by atoms with van der Waals surface area (Å²) in [5, 5.41) is 7.00. The predicted molar refractivity (Wildman–Crippen MR) is 112 cm³/mol. The summed E-state index contributed by atoms with van der Waals surface area (Å²) < 4.78 is 14.7. The standard InChI is InChI=1S/C20H25BrFN5O2/c1-2-5-17-24-25-19-20(29)26(15-6-3-4-7-16(15)27(17)19)11-18(28)23-14-9-8-12(21)10-13(14)22/h8-10,15-16,19,25H,2-7,11H2,1H3,(H,23,28). The monoisotopic (exact) mass is 465 g/mol. The zero-order valence-electron chi connectivity index (χ0n) is 16.3. The first-order valence-electron chi connectivity index (χ1n) is 10.2. The third-order valence-corrected chi connectivity index (χ3v) is 6.35. The van der Waals surface area contributed by atoms with Gasteiger partial charge in [0.05, 0.1) is 17.8 Å². The smallest absolute Gasteiger partial charge is 0.268 e. The molecule has 3 unspecified atom stereocenters. The first kappa shape index (κ1) is 20.1. The van der Waals surface area contributed by atoms with Crippen molar-refractivity contribution in [3.8, 4) is 0 Å². The Kier molecular flexibility index (Phi) is 5.76. The number of amidine groups is 1. The molecule has 0 radical (unpaired) electrons. The van der Waals surface area contributed by atoms with Crippen molar-refractivity contribution in [1.82, 2.24) is 15.2 Å². The number of benzene rings is 1. The van der Waals surface area contributed by atoms with Crippen molar-refractivity contribution in [2.75, 3.05) is 11.9 Å². The van der Waals surface area contributed by atoms with Crippen LogP contribution in [0.2, 0.25) is 0 Å². The van der Waals surface area contributed by atoms with Crippen molar-refractivity contribution in [2.24, 2.45) is 5.10 Å². The van der Waals surface area contributed by atoms with Crippen molar-refractivity contribution in [2.45, 2.75) is 63.7 Å². The van der Waals surface area contributed by atoms with Crippen LogP contribution in [0.4, 0.5) is 10.1 Å². The lowest BCUT2D eigenvalue weighted by Gasteiger charge is -2.51. The maximum absolute atomic E-state index is 14.1. The van der Waals surface area contributed by atoms with Crippen LogP contribution in [0, 0.1) is 5.82 Å². The third-order valence-electron chi connectivity index (χ3n) is 5.85. The average Bonchev–Trinajstić information content (AvgIpc) is 3.12. The van der Waals surface area contributed by atoms with Gasteiger partial charge in [-0.1, -0.05) is 35.7 Å². The van der Waals surface area contributed by atoms with Gasteiger partial charge in [0.1, 0.15) is 18.2 Å². The molecule has 2 heterocycles. The first-order valence-corrected chi connectivity index (χ1v) is 10.9. The normalized spacial score (nSPS) is 25.8. The highest BCUT2D eigenvalue weighted by Crippen LogP contribution is 2.35. The summed E-state index contributed by atoms with van der Waals surface area (Å²) in [4.78, 5) is 29.6. The number of carbonyl (C=O) groups is 2. The molecule has 0 bridgehead atoms. The van der Waals surface area contributed by atoms with Crippen molar-refractivity contribution in [1.29, 1.82) is 0 Å². The zero-order chi connectivity index (χ0) is 20.5. The Hall–Kier alpha value is -2.16. The molecule has 2 aliphatic heterocycles. The zero-order valence-corrected chi connectivity index (χ0v) is 17.9. The Labute approximate surface area is 177 Å². The van der Waals surface area contributed by atoms with Crippen LogP contribution < -0.4 is 10.7 Å². The predicted octanol–water partition coefficient (Wildman–Crippen LogP) is 3.03. The number of halogens is 2. The minimum atomic E-state index is -0.548. The molecule has 1 aliphatic carbocycles. The fourth-order valence-corrected chi connectivity index (χ4v) is 4.93. The number of nitrogens with one attached hydrogen (secondary N) is 2. The van der Waals surface area contributed by atoms with Gasteiger partial charge in [-0.2, -0.15) is 5.10 Å². The Balaban J connectivity index is 1.51. The highest BCUT2D eigenvalue weighted by molar-refractivity contribution is 9.10. The van der Waals surface area contributed by atoms with Crippen LogP contribution in [0.5, 0.6) is 0 Å². The molecule has 1 saturated heterocycles. The molecular formula is C20H25BrFN5O2. The van der Waals surface area contributed by atoms with Crippen molar-refractivity contribution in [3.05, 3.63) is 28.5 Å². The van der Waals surface area contributed by atoms with Gasteiger partial charge in [-0.15, -0.1) is 0 Å². The number of anilines is 1. The van der Waals surface area contributed by atoms with Crippen LogP contribution in [0.1, 0.15) is 45.4 Å². The number of piperazine rings is 1. The molecule has 3 atom stereocenters. The molecule has 2 amide bonds. The topological polar surface area (TPSA) is 77.0 Å². The summed E-state index contributed by atoms with van der Waals surface area (Å²) in [7, 11) is 0. The molecule has 0 spiro atoms. The van der Waals surface area contributed by atoms with E-state index in [2.05, 4.69) is 43.6 Å². The molecule has 2 fully saturated rings. The second kappa shape index (κ2) is 8.30. The third kappa shape index (κ3) is 3.84. The largest absolute Gasteiger partial charge is 0.325 e. The molecule has 3 aliphatic rings. The van der Waals surface area contributed by atoms with E-state index in [0.29, 0.717) is 4.47 Å². The Bertz CT molecular complexity index is 848. The second-order valence-electron chi connectivity index (χ2n) is 7.77. The molecule has 2 N–H and O–H groups in total. The SMILES string of the molecule is CCCC1=NNC2C(=O)N(CC(=O)Nc3ccc(Br)cc3F)C3CCCCC3N12. The Morgan fingerprint density at radius 1 is 1.34 bits per heavy atom. The van der Waals surface area contributed by atoms with Gasteiger partial charge < -0.3 is 15.1 Å². The number of carbonyl (C=O) groups excluding carboxylic acids is 2. The van der Waals surface area contributed by atoms with Crippen LogP contribution >= 0.6 is 15.9 Å². The van der Waals surface area contributed by atoms with Crippen LogP contribution in [0.25, 0.3) is 0 Å². The minimum absolute atomic E-state index is 0.0324. The molecule has 1 aromatic rings. The van der Waals surface area contributed by atoms with Crippen LogP contribution in [-0.4, -0.2) is 52.2 Å². The number of rotatable bonds is 5. The van der Waals surface area contributed by atoms with E-state index in [4.69, 9.17) is 0 Å². The van der Waals surface area contributed by atoms with Gasteiger partial charge >= 0.3 is 0 Å². The summed E-state index contributed by atoms with van der Waals surface area (Å²) in [6.45, 7) is 2.00. The molecule has 4 rings (SSSR count). The molecule has 156 valence electrons. The van der Waals surface area contributed by atoms with Crippen LogP contribution in [0.3, 0.4) is 0 Å². The molecular weight excluding hydrogens is 441 g/mol. The maximum Gasteiger partial charge on any atom is 0.268 e. The highest BCUT2D eigenvalue weighted by Gasteiger charge is 2.50. The molecule has 1 aromatic carbocycles. The van der Waals surface area contributed by atoms with Crippen molar-refractivity contribution < 1.29 is 14.0 Å². The summed E-state index contributed by atoms with van der Waals surface area (Å²) in [5.41, 5.74) is 3.08. The summed E-state index contributed by atoms with van der Waals surface area (Å²) >= 11 is 3.20. The van der Waals surface area contributed by atoms with E-state index in [1.54, 1.807) is 11.0 Å². The average molecular weight is 466 g/mol. The number of hydrogen-bond acceptors (Lipinski definition) is 5. The second-order valence-corrected chi connectivity index (χ2v) is 8.69. The molecule has 1 saturated carbocycles. The summed E-state index contributed by atoms with van der Waals surface area (Å²) in [5.74, 6) is -0.127. The summed E-state index contributed by atoms with van der Waals surface area (Å²) in [6.07, 6.45) is 5.19. The van der Waals surface area contributed by atoms with E-state index >= 15 is 0 Å². The lowest BCUT2D eigenvalue weighted by atomic mass is 9.85. The summed E-state index contributed by atoms with van der Waals surface area (Å²) in [6, 6.07) is 4.59. The molecule has 9 heteroatoms. The number of hydrogen-bond donors (Lipinski definition) is 2. The fourth-order valence-electron chi connectivity index (χ4n) is 4.60. The molecule has 29 heavy (non-hydrogen) atoms. The van der Waals surface area contributed by atoms with Crippen molar-refractivity contribution >= 4 is 39.3 Å². The van der Waals surface area contributed by atoms with Gasteiger partial charge in [0.2, 0.25) is 5.91 Å². The molecule has 7 nitrogen and oxygen atoms in total. The van der Waals surface area contributed by atoms with Crippen LogP contribution in [0.15, 0.2) is 27.8 Å². The maximum atomic E-state index is 14.1. The van der Waals surface area contributed by atoms with E-state index < -0.39 is 17.9 Å². The lowest BCUT2D eigenvalue weighted by molar-refractivity contribution is -0.151. The number of amides is 2. The van der Waals surface area contributed by atoms with Crippen LogP contribution in [-0.2, 0) is 9.59 Å². The van der Waals surface area contributed by atoms with Gasteiger partial charge in [-0.3, -0.25) is 15.0 Å². The lowest BCUT2D eigenvalue weighted by Crippen LogP contribution is -2.69. The Morgan fingerprint density at radius 2 is 2.10 bits per heavy atom. The number of fused-ring (bicyclic) bond motifs is 3. The quantitative estimate of drug-likeness (QED) is 0.700. The van der Waals surface area contributed by atoms with Gasteiger partial charge in [0.15, 0.2) is 6.17 Å². The van der Waals surface area contributed by atoms with Crippen molar-refractivity contribution in [3.63, 3.8) is 0 Å². The Morgan fingerprint density at radius 3 is 2.83 bits per heavy atom. The van der Waals surface area contributed by atoms with E-state index in [1.807, 2.05) is 0 Å². The number of hydrazone groups is 1. The highest BCUT2D eigenvalue weighted by atomic mass is 79.9.